The number of amides is 1. The van der Waals surface area contributed by atoms with E-state index >= 15 is 0 Å². The first kappa shape index (κ1) is 29.2. The predicted octanol–water partition coefficient (Wildman–Crippen LogP) is 9.55. The number of thiophene rings is 1. The van der Waals surface area contributed by atoms with Crippen molar-refractivity contribution < 1.29 is 4.79 Å². The highest BCUT2D eigenvalue weighted by Crippen LogP contribution is 2.40. The fourth-order valence-corrected chi connectivity index (χ4v) is 6.44. The molecule has 1 unspecified atom stereocenters. The third kappa shape index (κ3) is 8.36. The molecule has 0 saturated carbocycles. The minimum Gasteiger partial charge on any atom is -0.317 e. The zero-order valence-corrected chi connectivity index (χ0v) is 24.5. The van der Waals surface area contributed by atoms with Crippen molar-refractivity contribution in [1.82, 2.24) is 20.2 Å². The normalized spacial score (nSPS) is 12.2. The number of hydrogen-bond donors (Lipinski definition) is 2. The van der Waals surface area contributed by atoms with E-state index < -0.39 is 0 Å². The molecular formula is C31H40ClN5OS. The molecular weight excluding hydrogens is 526 g/mol. The van der Waals surface area contributed by atoms with Crippen molar-refractivity contribution in [3.63, 3.8) is 0 Å². The molecule has 0 aliphatic heterocycles. The number of pyridine rings is 1. The smallest absolute Gasteiger partial charge is 0.232 e. The molecule has 3 aromatic heterocycles. The summed E-state index contributed by atoms with van der Waals surface area (Å²) in [6.45, 7) is 2.27. The Bertz CT molecular complexity index is 1280. The van der Waals surface area contributed by atoms with Gasteiger partial charge in [0.1, 0.15) is 11.3 Å². The van der Waals surface area contributed by atoms with Gasteiger partial charge in [0.05, 0.1) is 16.5 Å². The van der Waals surface area contributed by atoms with E-state index in [1.807, 2.05) is 29.8 Å². The van der Waals surface area contributed by atoms with E-state index in [-0.39, 0.29) is 11.8 Å². The minimum absolute atomic E-state index is 0.0262. The third-order valence-corrected chi connectivity index (χ3v) is 8.71. The van der Waals surface area contributed by atoms with Gasteiger partial charge in [-0.3, -0.25) is 14.9 Å². The molecule has 0 fully saturated rings. The number of carbonyl (C=O) groups excluding carboxylic acids is 1. The van der Waals surface area contributed by atoms with Gasteiger partial charge in [-0.2, -0.15) is 5.10 Å². The van der Waals surface area contributed by atoms with Crippen LogP contribution in [0.1, 0.15) is 102 Å². The summed E-state index contributed by atoms with van der Waals surface area (Å²) in [5.74, 6) is 0.245. The average Bonchev–Trinajstić information content (AvgIpc) is 3.60. The fourth-order valence-electron chi connectivity index (χ4n) is 5.24. The number of H-pyrrole nitrogens is 1. The van der Waals surface area contributed by atoms with E-state index in [4.69, 9.17) is 11.6 Å². The number of aromatic nitrogens is 4. The van der Waals surface area contributed by atoms with Gasteiger partial charge >= 0.3 is 0 Å². The first-order chi connectivity index (χ1) is 19.2. The number of nitrogens with zero attached hydrogens (tertiary/aromatic N) is 3. The number of halogens is 1. The Hall–Kier alpha value is -2.77. The number of aromatic amines is 1. The number of unbranched alkanes of at least 4 members (excludes halogenated alkanes) is 11. The number of benzene rings is 1. The van der Waals surface area contributed by atoms with Gasteiger partial charge < -0.3 is 5.32 Å². The van der Waals surface area contributed by atoms with Crippen LogP contribution in [0, 0.1) is 0 Å². The summed E-state index contributed by atoms with van der Waals surface area (Å²) in [6.07, 6.45) is 21.4. The predicted molar refractivity (Wildman–Crippen MR) is 164 cm³/mol. The minimum atomic E-state index is -0.275. The van der Waals surface area contributed by atoms with Crippen molar-refractivity contribution in [2.45, 2.75) is 96.3 Å². The molecule has 0 saturated heterocycles. The molecule has 1 atom stereocenters. The van der Waals surface area contributed by atoms with Gasteiger partial charge in [-0.05, 0) is 23.4 Å². The highest BCUT2D eigenvalue weighted by molar-refractivity contribution is 7.15. The SMILES string of the molecule is CCCCCCCCCCCCCCC(C(=O)Nc1scc(Cl)c1-c1ncn[nH]1)c1cccc2cnccc12. The largest absolute Gasteiger partial charge is 0.317 e. The van der Waals surface area contributed by atoms with Crippen molar-refractivity contribution >= 4 is 44.6 Å². The Morgan fingerprint density at radius 2 is 1.72 bits per heavy atom. The molecule has 2 N–H and O–H groups in total. The fraction of sp³-hybridized carbons (Fsp3) is 0.484. The lowest BCUT2D eigenvalue weighted by Gasteiger charge is -2.19. The van der Waals surface area contributed by atoms with Gasteiger partial charge in [0.15, 0.2) is 5.82 Å². The van der Waals surface area contributed by atoms with E-state index in [0.717, 1.165) is 35.6 Å². The second-order valence-corrected chi connectivity index (χ2v) is 11.6. The number of anilines is 1. The monoisotopic (exact) mass is 565 g/mol. The highest BCUT2D eigenvalue weighted by Gasteiger charge is 2.25. The third-order valence-electron chi connectivity index (χ3n) is 7.39. The Kier molecular flexibility index (Phi) is 11.8. The van der Waals surface area contributed by atoms with Gasteiger partial charge in [0.25, 0.3) is 0 Å². The van der Waals surface area contributed by atoms with Crippen LogP contribution in [0.15, 0.2) is 48.4 Å². The highest BCUT2D eigenvalue weighted by atomic mass is 35.5. The maximum Gasteiger partial charge on any atom is 0.232 e. The molecule has 0 bridgehead atoms. The molecule has 1 aromatic carbocycles. The number of nitrogens with one attached hydrogen (secondary N) is 2. The molecule has 3 heterocycles. The Labute approximate surface area is 241 Å². The number of rotatable bonds is 17. The quantitative estimate of drug-likeness (QED) is 0.125. The topological polar surface area (TPSA) is 83.6 Å². The summed E-state index contributed by atoms with van der Waals surface area (Å²) < 4.78 is 0. The molecule has 0 radical (unpaired) electrons. The van der Waals surface area contributed by atoms with Crippen LogP contribution in [-0.2, 0) is 4.79 Å². The lowest BCUT2D eigenvalue weighted by Crippen LogP contribution is -2.21. The Morgan fingerprint density at radius 1 is 1.00 bits per heavy atom. The van der Waals surface area contributed by atoms with E-state index in [9.17, 15) is 4.79 Å². The molecule has 0 aliphatic carbocycles. The van der Waals surface area contributed by atoms with Gasteiger partial charge in [-0.25, -0.2) is 4.98 Å². The first-order valence-electron chi connectivity index (χ1n) is 14.4. The summed E-state index contributed by atoms with van der Waals surface area (Å²) in [6, 6.07) is 8.15. The second-order valence-electron chi connectivity index (χ2n) is 10.3. The number of hydrogen-bond acceptors (Lipinski definition) is 5. The molecule has 1 amide bonds. The van der Waals surface area contributed by atoms with E-state index in [1.165, 1.54) is 81.9 Å². The van der Waals surface area contributed by atoms with Gasteiger partial charge in [-0.1, -0.05) is 114 Å². The molecule has 8 heteroatoms. The van der Waals surface area contributed by atoms with Crippen LogP contribution in [0.25, 0.3) is 22.2 Å². The van der Waals surface area contributed by atoms with Crippen molar-refractivity contribution in [3.8, 4) is 11.4 Å². The van der Waals surface area contributed by atoms with E-state index in [2.05, 4.69) is 38.5 Å². The van der Waals surface area contributed by atoms with Crippen molar-refractivity contribution in [2.24, 2.45) is 0 Å². The molecule has 4 aromatic rings. The van der Waals surface area contributed by atoms with Crippen LogP contribution in [0.5, 0.6) is 0 Å². The van der Waals surface area contributed by atoms with E-state index in [1.54, 1.807) is 6.20 Å². The first-order valence-corrected chi connectivity index (χ1v) is 15.7. The van der Waals surface area contributed by atoms with Crippen molar-refractivity contribution in [1.29, 1.82) is 0 Å². The summed E-state index contributed by atoms with van der Waals surface area (Å²) >= 11 is 7.85. The van der Waals surface area contributed by atoms with Crippen LogP contribution < -0.4 is 5.32 Å². The maximum absolute atomic E-state index is 13.8. The Balaban J connectivity index is 1.36. The standard InChI is InChI=1S/C31H40ClN5OS/c1-2-3-4-5-6-7-8-9-10-11-12-13-16-26(25-17-14-15-23-20-33-19-18-24(23)25)30(38)36-31-28(27(32)21-39-31)29-34-22-35-37-29/h14-15,17-22,26H,2-13,16H2,1H3,(H,36,38)(H,34,35,37). The van der Waals surface area contributed by atoms with Gasteiger partial charge in [0.2, 0.25) is 5.91 Å². The summed E-state index contributed by atoms with van der Waals surface area (Å²) in [4.78, 5) is 22.3. The van der Waals surface area contributed by atoms with Crippen LogP contribution in [0.2, 0.25) is 5.02 Å². The molecule has 4 rings (SSSR count). The molecule has 0 aliphatic rings. The Morgan fingerprint density at radius 3 is 2.41 bits per heavy atom. The zero-order chi connectivity index (χ0) is 27.3. The second kappa shape index (κ2) is 15.7. The molecule has 39 heavy (non-hydrogen) atoms. The maximum atomic E-state index is 13.8. The van der Waals surface area contributed by atoms with Crippen molar-refractivity contribution in [2.75, 3.05) is 5.32 Å². The number of carbonyl (C=O) groups is 1. The van der Waals surface area contributed by atoms with Crippen LogP contribution >= 0.6 is 22.9 Å². The molecule has 6 nitrogen and oxygen atoms in total. The number of fused-ring (bicyclic) bond motifs is 1. The lowest BCUT2D eigenvalue weighted by atomic mass is 9.89. The van der Waals surface area contributed by atoms with E-state index in [0.29, 0.717) is 21.4 Å². The molecule has 208 valence electrons. The van der Waals surface area contributed by atoms with Crippen molar-refractivity contribution in [3.05, 3.63) is 59.0 Å². The average molecular weight is 566 g/mol. The zero-order valence-electron chi connectivity index (χ0n) is 22.9. The lowest BCUT2D eigenvalue weighted by molar-refractivity contribution is -0.117. The summed E-state index contributed by atoms with van der Waals surface area (Å²) in [7, 11) is 0. The summed E-state index contributed by atoms with van der Waals surface area (Å²) in [5, 5.41) is 15.1. The van der Waals surface area contributed by atoms with Gasteiger partial charge in [0, 0.05) is 23.2 Å². The van der Waals surface area contributed by atoms with Crippen LogP contribution in [0.4, 0.5) is 5.00 Å². The van der Waals surface area contributed by atoms with Crippen LogP contribution in [0.3, 0.4) is 0 Å². The van der Waals surface area contributed by atoms with Gasteiger partial charge in [-0.15, -0.1) is 11.3 Å². The van der Waals surface area contributed by atoms with Crippen LogP contribution in [-0.4, -0.2) is 26.1 Å². The molecule has 0 spiro atoms. The summed E-state index contributed by atoms with van der Waals surface area (Å²) in [5.41, 5.74) is 1.72.